The Morgan fingerprint density at radius 3 is 2.36 bits per heavy atom. The highest BCUT2D eigenvalue weighted by molar-refractivity contribution is 7.90. The second-order valence-electron chi connectivity index (χ2n) is 6.59. The molecule has 0 aliphatic carbocycles. The molecule has 1 aromatic heterocycles. The van der Waals surface area contributed by atoms with Crippen molar-refractivity contribution in [2.75, 3.05) is 42.2 Å². The average Bonchev–Trinajstić information content (AvgIpc) is 3.11. The predicted molar refractivity (Wildman–Crippen MR) is 105 cm³/mol. The zero-order valence-corrected chi connectivity index (χ0v) is 15.9. The lowest BCUT2D eigenvalue weighted by Gasteiger charge is -2.35. The number of para-hydroxylation sites is 3. The number of hydrogen-bond acceptors (Lipinski definition) is 8. The summed E-state index contributed by atoms with van der Waals surface area (Å²) in [6, 6.07) is 12.4. The minimum absolute atomic E-state index is 0.267. The first kappa shape index (κ1) is 18.2. The van der Waals surface area contributed by atoms with Gasteiger partial charge in [0.05, 0.1) is 4.92 Å². The molecule has 0 atom stereocenters. The van der Waals surface area contributed by atoms with Gasteiger partial charge >= 0.3 is 5.69 Å². The lowest BCUT2D eigenvalue weighted by Crippen LogP contribution is -2.46. The number of rotatable bonds is 4. The summed E-state index contributed by atoms with van der Waals surface area (Å²) in [4.78, 5) is 19.0. The van der Waals surface area contributed by atoms with Crippen LogP contribution in [0.3, 0.4) is 0 Å². The first-order valence-corrected chi connectivity index (χ1v) is 10.6. The fraction of sp³-hybridized carbons (Fsp3) is 0.278. The molecule has 0 amide bonds. The normalized spacial score (nSPS) is 15.2. The maximum atomic E-state index is 12.0. The number of nitro benzene ring substituents is 1. The van der Waals surface area contributed by atoms with E-state index in [1.807, 2.05) is 34.1 Å². The van der Waals surface area contributed by atoms with E-state index in [9.17, 15) is 18.5 Å². The van der Waals surface area contributed by atoms with E-state index in [1.54, 1.807) is 6.07 Å². The maximum absolute atomic E-state index is 12.0. The van der Waals surface area contributed by atoms with E-state index < -0.39 is 14.8 Å². The van der Waals surface area contributed by atoms with Gasteiger partial charge in [0.25, 0.3) is 6.01 Å². The zero-order chi connectivity index (χ0) is 19.9. The first-order valence-electron chi connectivity index (χ1n) is 8.67. The van der Waals surface area contributed by atoms with Gasteiger partial charge in [0.1, 0.15) is 16.1 Å². The molecule has 10 heteroatoms. The number of sulfone groups is 1. The number of anilines is 2. The van der Waals surface area contributed by atoms with Crippen molar-refractivity contribution < 1.29 is 17.8 Å². The highest BCUT2D eigenvalue weighted by Gasteiger charge is 2.31. The largest absolute Gasteiger partial charge is 0.423 e. The smallest absolute Gasteiger partial charge is 0.311 e. The second kappa shape index (κ2) is 6.79. The molecule has 0 bridgehead atoms. The van der Waals surface area contributed by atoms with Gasteiger partial charge in [-0.1, -0.05) is 18.2 Å². The van der Waals surface area contributed by atoms with E-state index in [-0.39, 0.29) is 10.6 Å². The molecule has 1 fully saturated rings. The summed E-state index contributed by atoms with van der Waals surface area (Å²) in [6.45, 7) is 2.06. The molecule has 1 aliphatic heterocycles. The maximum Gasteiger partial charge on any atom is 0.311 e. The van der Waals surface area contributed by atoms with Gasteiger partial charge in [-0.3, -0.25) is 10.1 Å². The lowest BCUT2D eigenvalue weighted by atomic mass is 10.2. The zero-order valence-electron chi connectivity index (χ0n) is 15.1. The lowest BCUT2D eigenvalue weighted by molar-refractivity contribution is -0.387. The minimum Gasteiger partial charge on any atom is -0.423 e. The third-order valence-electron chi connectivity index (χ3n) is 4.73. The highest BCUT2D eigenvalue weighted by atomic mass is 32.2. The molecular weight excluding hydrogens is 384 g/mol. The number of benzene rings is 2. The summed E-state index contributed by atoms with van der Waals surface area (Å²) in [7, 11) is -3.71. The molecule has 4 rings (SSSR count). The molecule has 146 valence electrons. The Morgan fingerprint density at radius 2 is 1.71 bits per heavy atom. The number of aromatic nitrogens is 1. The van der Waals surface area contributed by atoms with E-state index in [2.05, 4.69) is 4.98 Å². The number of piperazine rings is 1. The number of nitrogens with zero attached hydrogens (tertiary/aromatic N) is 4. The van der Waals surface area contributed by atoms with Gasteiger partial charge in [-0.25, -0.2) is 8.42 Å². The molecule has 9 nitrogen and oxygen atoms in total. The number of nitro groups is 1. The highest BCUT2D eigenvalue weighted by Crippen LogP contribution is 2.35. The van der Waals surface area contributed by atoms with Crippen molar-refractivity contribution >= 4 is 38.3 Å². The molecular formula is C18H18N4O5S. The number of fused-ring (bicyclic) bond motifs is 1. The Morgan fingerprint density at radius 1 is 1.04 bits per heavy atom. The van der Waals surface area contributed by atoms with Crippen LogP contribution in [-0.4, -0.2) is 50.8 Å². The topological polar surface area (TPSA) is 110 Å². The predicted octanol–water partition coefficient (Wildman–Crippen LogP) is 2.47. The van der Waals surface area contributed by atoms with Crippen LogP contribution in [-0.2, 0) is 9.84 Å². The summed E-state index contributed by atoms with van der Waals surface area (Å²) in [5, 5.41) is 11.6. The van der Waals surface area contributed by atoms with Crippen molar-refractivity contribution in [2.24, 2.45) is 0 Å². The van der Waals surface area contributed by atoms with Gasteiger partial charge in [0.2, 0.25) is 0 Å². The molecule has 0 saturated carbocycles. The molecule has 28 heavy (non-hydrogen) atoms. The number of hydrogen-bond donors (Lipinski definition) is 0. The monoisotopic (exact) mass is 402 g/mol. The van der Waals surface area contributed by atoms with E-state index in [0.29, 0.717) is 43.5 Å². The summed E-state index contributed by atoms with van der Waals surface area (Å²) >= 11 is 0. The second-order valence-corrected chi connectivity index (χ2v) is 8.58. The van der Waals surface area contributed by atoms with Crippen molar-refractivity contribution in [2.45, 2.75) is 4.90 Å². The van der Waals surface area contributed by atoms with E-state index in [4.69, 9.17) is 4.42 Å². The Labute approximate surface area is 161 Å². The fourth-order valence-electron chi connectivity index (χ4n) is 3.38. The van der Waals surface area contributed by atoms with Crippen LogP contribution in [0.25, 0.3) is 11.1 Å². The Balaban J connectivity index is 1.59. The van der Waals surface area contributed by atoms with E-state index in [0.717, 1.165) is 11.8 Å². The molecule has 1 aliphatic rings. The summed E-state index contributed by atoms with van der Waals surface area (Å²) < 4.78 is 29.7. The summed E-state index contributed by atoms with van der Waals surface area (Å²) in [5.74, 6) is 0. The summed E-state index contributed by atoms with van der Waals surface area (Å²) in [6.07, 6.45) is 0.976. The summed E-state index contributed by atoms with van der Waals surface area (Å²) in [5.41, 5.74) is 1.42. The van der Waals surface area contributed by atoms with Crippen LogP contribution in [0, 0.1) is 10.1 Å². The number of oxazole rings is 1. The molecule has 0 N–H and O–H groups in total. The van der Waals surface area contributed by atoms with Gasteiger partial charge in [-0.05, 0) is 24.3 Å². The van der Waals surface area contributed by atoms with Crippen LogP contribution >= 0.6 is 0 Å². The Kier molecular flexibility index (Phi) is 4.42. The fourth-order valence-corrected chi connectivity index (χ4v) is 4.24. The first-order chi connectivity index (χ1) is 13.3. The van der Waals surface area contributed by atoms with Gasteiger partial charge in [0, 0.05) is 32.4 Å². The van der Waals surface area contributed by atoms with Crippen LogP contribution in [0.5, 0.6) is 0 Å². The van der Waals surface area contributed by atoms with Crippen molar-refractivity contribution in [3.8, 4) is 0 Å². The molecule has 1 saturated heterocycles. The Hall–Kier alpha value is -3.14. The third-order valence-corrected chi connectivity index (χ3v) is 5.86. The third kappa shape index (κ3) is 3.26. The molecule has 3 aromatic rings. The van der Waals surface area contributed by atoms with Crippen molar-refractivity contribution in [1.29, 1.82) is 0 Å². The molecule has 0 unspecified atom stereocenters. The van der Waals surface area contributed by atoms with Crippen LogP contribution in [0.15, 0.2) is 51.8 Å². The van der Waals surface area contributed by atoms with Crippen LogP contribution in [0.1, 0.15) is 0 Å². The van der Waals surface area contributed by atoms with Gasteiger partial charge in [-0.2, -0.15) is 4.98 Å². The van der Waals surface area contributed by atoms with Crippen molar-refractivity contribution in [1.82, 2.24) is 4.98 Å². The minimum atomic E-state index is -3.71. The van der Waals surface area contributed by atoms with Crippen LogP contribution in [0.2, 0.25) is 0 Å². The van der Waals surface area contributed by atoms with E-state index in [1.165, 1.54) is 12.1 Å². The van der Waals surface area contributed by atoms with E-state index >= 15 is 0 Å². The van der Waals surface area contributed by atoms with Crippen molar-refractivity contribution in [3.05, 3.63) is 52.6 Å². The standard InChI is InChI=1S/C18H18N4O5S/c1-28(25,26)16-8-4-6-14(17(16)22(23)24)20-9-11-21(12-10-20)18-19-13-5-2-3-7-15(13)27-18/h2-8H,9-12H2,1H3. The molecule has 2 heterocycles. The van der Waals surface area contributed by atoms with Gasteiger partial charge < -0.3 is 14.2 Å². The molecule has 2 aromatic carbocycles. The van der Waals surface area contributed by atoms with Gasteiger partial charge in [-0.15, -0.1) is 0 Å². The van der Waals surface area contributed by atoms with Crippen molar-refractivity contribution in [3.63, 3.8) is 0 Å². The molecule has 0 spiro atoms. The SMILES string of the molecule is CS(=O)(=O)c1cccc(N2CCN(c3nc4ccccc4o3)CC2)c1[N+](=O)[O-]. The Bertz CT molecular complexity index is 1120. The van der Waals surface area contributed by atoms with Crippen LogP contribution in [0.4, 0.5) is 17.4 Å². The average molecular weight is 402 g/mol. The molecule has 0 radical (unpaired) electrons. The van der Waals surface area contributed by atoms with Crippen LogP contribution < -0.4 is 9.80 Å². The quantitative estimate of drug-likeness (QED) is 0.483. The van der Waals surface area contributed by atoms with Gasteiger partial charge in [0.15, 0.2) is 15.4 Å².